The van der Waals surface area contributed by atoms with Crippen LogP contribution in [-0.2, 0) is 27.9 Å². The Morgan fingerprint density at radius 2 is 1.16 bits per heavy atom. The Morgan fingerprint density at radius 1 is 0.689 bits per heavy atom. The molecule has 0 aromatic heterocycles. The van der Waals surface area contributed by atoms with Crippen molar-refractivity contribution < 1.29 is 37.3 Å². The summed E-state index contributed by atoms with van der Waals surface area (Å²) in [6.45, 7) is 4.91. The average molecular weight is 663 g/mol. The molecule has 0 aromatic rings. The third-order valence-corrected chi connectivity index (χ3v) is 8.91. The van der Waals surface area contributed by atoms with Gasteiger partial charge in [0.2, 0.25) is 0 Å². The van der Waals surface area contributed by atoms with Gasteiger partial charge < -0.3 is 18.9 Å². The van der Waals surface area contributed by atoms with E-state index in [1.54, 1.807) is 6.26 Å². The van der Waals surface area contributed by atoms with Crippen LogP contribution in [0, 0.1) is 0 Å². The Hall–Kier alpha value is -0.920. The molecule has 0 saturated carbocycles. The molecule has 45 heavy (non-hydrogen) atoms. The molecule has 0 saturated heterocycles. The largest absolute Gasteiger partial charge is 0.498 e. The van der Waals surface area contributed by atoms with Gasteiger partial charge in [-0.1, -0.05) is 136 Å². The number of quaternary nitrogens is 1. The van der Waals surface area contributed by atoms with Crippen LogP contribution < -0.4 is 0 Å². The lowest BCUT2D eigenvalue weighted by Gasteiger charge is -2.24. The van der Waals surface area contributed by atoms with Gasteiger partial charge in [-0.05, 0) is 25.3 Å². The maximum Gasteiger partial charge on any atom is 0.472 e. The van der Waals surface area contributed by atoms with Crippen LogP contribution in [0.5, 0.6) is 0 Å². The molecule has 0 heterocycles. The zero-order valence-corrected chi connectivity index (χ0v) is 31.0. The molecule has 0 amide bonds. The van der Waals surface area contributed by atoms with Crippen LogP contribution in [0.2, 0.25) is 0 Å². The first kappa shape index (κ1) is 44.1. The summed E-state index contributed by atoms with van der Waals surface area (Å²) in [6.07, 6.45) is 30.5. The minimum absolute atomic E-state index is 0.0529. The van der Waals surface area contributed by atoms with Gasteiger partial charge in [0.05, 0.1) is 34.0 Å². The van der Waals surface area contributed by atoms with Gasteiger partial charge >= 0.3 is 13.8 Å². The first-order chi connectivity index (χ1) is 21.6. The lowest BCUT2D eigenvalue weighted by atomic mass is 10.0. The van der Waals surface area contributed by atoms with Crippen LogP contribution in [0.3, 0.4) is 0 Å². The van der Waals surface area contributed by atoms with E-state index >= 15 is 0 Å². The highest BCUT2D eigenvalue weighted by atomic mass is 31.2. The molecule has 0 bridgehead atoms. The number of hydrogen-bond donors (Lipinski definition) is 1. The van der Waals surface area contributed by atoms with Crippen LogP contribution in [0.15, 0.2) is 12.3 Å². The minimum Gasteiger partial charge on any atom is -0.498 e. The van der Waals surface area contributed by atoms with Gasteiger partial charge in [-0.3, -0.25) is 13.8 Å². The van der Waals surface area contributed by atoms with Crippen molar-refractivity contribution in [3.05, 3.63) is 12.3 Å². The van der Waals surface area contributed by atoms with Gasteiger partial charge in [0.15, 0.2) is 6.10 Å². The molecule has 0 aliphatic heterocycles. The minimum atomic E-state index is -4.27. The molecule has 0 spiro atoms. The van der Waals surface area contributed by atoms with Gasteiger partial charge in [0.25, 0.3) is 0 Å². The fourth-order valence-corrected chi connectivity index (χ4v) is 5.73. The van der Waals surface area contributed by atoms with Crippen LogP contribution in [0.1, 0.15) is 162 Å². The van der Waals surface area contributed by atoms with Crippen LogP contribution in [-0.4, -0.2) is 69.0 Å². The van der Waals surface area contributed by atoms with E-state index < -0.39 is 13.9 Å². The summed E-state index contributed by atoms with van der Waals surface area (Å²) >= 11 is 0. The number of rotatable bonds is 34. The topological polar surface area (TPSA) is 91.3 Å². The van der Waals surface area contributed by atoms with E-state index in [-0.39, 0.29) is 25.8 Å². The Bertz CT molecular complexity index is 741. The Morgan fingerprint density at radius 3 is 1.64 bits per heavy atom. The van der Waals surface area contributed by atoms with Crippen molar-refractivity contribution in [3.8, 4) is 0 Å². The number of ether oxygens (including phenoxy) is 2. The maximum absolute atomic E-state index is 12.5. The number of carbonyl (C=O) groups excluding carboxylic acids is 1. The Balaban J connectivity index is 4.34. The third kappa shape index (κ3) is 34.2. The quantitative estimate of drug-likeness (QED) is 0.0241. The summed E-state index contributed by atoms with van der Waals surface area (Å²) in [4.78, 5) is 22.6. The highest BCUT2D eigenvalue weighted by molar-refractivity contribution is 7.47. The number of hydrogen-bond acceptors (Lipinski definition) is 6. The number of phosphoric acid groups is 1. The molecule has 0 aliphatic rings. The van der Waals surface area contributed by atoms with Crippen molar-refractivity contribution in [2.75, 3.05) is 47.5 Å². The fraction of sp³-hybridized carbons (Fsp3) is 0.917. The summed E-state index contributed by atoms with van der Waals surface area (Å²) in [5.74, 6) is -0.339. The zero-order chi connectivity index (χ0) is 33.5. The van der Waals surface area contributed by atoms with E-state index in [0.29, 0.717) is 17.4 Å². The molecule has 268 valence electrons. The normalized spacial score (nSPS) is 14.1. The number of allylic oxidation sites excluding steroid dienone is 1. The molecule has 0 radical (unpaired) electrons. The van der Waals surface area contributed by atoms with Gasteiger partial charge in [0.1, 0.15) is 19.8 Å². The second-order valence-electron chi connectivity index (χ2n) is 13.7. The zero-order valence-electron chi connectivity index (χ0n) is 30.1. The summed E-state index contributed by atoms with van der Waals surface area (Å²) < 4.78 is 34.5. The molecule has 0 aliphatic carbocycles. The van der Waals surface area contributed by atoms with Crippen molar-refractivity contribution in [1.82, 2.24) is 0 Å². The van der Waals surface area contributed by atoms with Crippen LogP contribution >= 0.6 is 7.82 Å². The van der Waals surface area contributed by atoms with E-state index in [9.17, 15) is 14.3 Å². The number of esters is 1. The third-order valence-electron chi connectivity index (χ3n) is 7.92. The highest BCUT2D eigenvalue weighted by Gasteiger charge is 2.26. The molecule has 0 aromatic carbocycles. The Kier molecular flexibility index (Phi) is 29.8. The van der Waals surface area contributed by atoms with Crippen LogP contribution in [0.25, 0.3) is 0 Å². The van der Waals surface area contributed by atoms with Gasteiger partial charge in [-0.2, -0.15) is 0 Å². The first-order valence-corrected chi connectivity index (χ1v) is 20.0. The molecule has 8 nitrogen and oxygen atoms in total. The van der Waals surface area contributed by atoms with Crippen molar-refractivity contribution >= 4 is 13.8 Å². The summed E-state index contributed by atoms with van der Waals surface area (Å²) in [6, 6.07) is 0. The first-order valence-electron chi connectivity index (χ1n) is 18.5. The second kappa shape index (κ2) is 30.4. The van der Waals surface area contributed by atoms with Crippen molar-refractivity contribution in [1.29, 1.82) is 0 Å². The van der Waals surface area contributed by atoms with E-state index in [4.69, 9.17) is 18.5 Å². The molecular weight excluding hydrogens is 589 g/mol. The van der Waals surface area contributed by atoms with E-state index in [2.05, 4.69) is 13.8 Å². The molecule has 0 fully saturated rings. The van der Waals surface area contributed by atoms with E-state index in [1.807, 2.05) is 27.2 Å². The monoisotopic (exact) mass is 663 g/mol. The predicted molar refractivity (Wildman–Crippen MR) is 187 cm³/mol. The molecular formula is C36H73NO7P+. The Labute approximate surface area is 278 Å². The summed E-state index contributed by atoms with van der Waals surface area (Å²) in [5, 5.41) is 0. The number of phosphoric ester groups is 1. The van der Waals surface area contributed by atoms with Crippen molar-refractivity contribution in [3.63, 3.8) is 0 Å². The highest BCUT2D eigenvalue weighted by Crippen LogP contribution is 2.43. The van der Waals surface area contributed by atoms with Gasteiger partial charge in [-0.25, -0.2) is 4.57 Å². The second-order valence-corrected chi connectivity index (χ2v) is 15.1. The average Bonchev–Trinajstić information content (AvgIpc) is 2.98. The predicted octanol–water partition coefficient (Wildman–Crippen LogP) is 10.3. The smallest absolute Gasteiger partial charge is 0.472 e. The number of unbranched alkanes of at least 4 members (excludes halogenated alkanes) is 20. The molecule has 1 unspecified atom stereocenters. The molecule has 0 rings (SSSR count). The lowest BCUT2D eigenvalue weighted by Crippen LogP contribution is -2.37. The standard InChI is InChI=1S/C36H72NO7P/c1-6-8-10-12-14-16-17-18-19-20-22-24-26-28-31-41-33-35(34-43-45(39,40)42-32-30-37(3,4)5)44-36(38)29-27-25-23-21-15-13-11-9-7-2/h28,31,35H,6-27,29-30,32-34H2,1-5H3/p+1/b31-28-/t35-/m1/s1. The van der Waals surface area contributed by atoms with Crippen LogP contribution in [0.4, 0.5) is 0 Å². The summed E-state index contributed by atoms with van der Waals surface area (Å²) in [7, 11) is 1.64. The number of nitrogens with zero attached hydrogens (tertiary/aromatic N) is 1. The molecule has 9 heteroatoms. The van der Waals surface area contributed by atoms with Gasteiger partial charge in [0, 0.05) is 6.42 Å². The lowest BCUT2D eigenvalue weighted by molar-refractivity contribution is -0.870. The number of likely N-dealkylation sites (N-methyl/N-ethyl adjacent to an activating group) is 1. The molecule has 2 atom stereocenters. The number of carbonyl (C=O) groups is 1. The van der Waals surface area contributed by atoms with Gasteiger partial charge in [-0.15, -0.1) is 0 Å². The van der Waals surface area contributed by atoms with E-state index in [0.717, 1.165) is 32.1 Å². The van der Waals surface area contributed by atoms with Crippen molar-refractivity contribution in [2.45, 2.75) is 168 Å². The van der Waals surface area contributed by atoms with Crippen molar-refractivity contribution in [2.24, 2.45) is 0 Å². The SMILES string of the molecule is CCCCCCCCCCCCCC/C=C\OC[C@H](COP(=O)(O)OCC[N+](C)(C)C)OC(=O)CCCCCCCCCCC. The molecule has 1 N–H and O–H groups in total. The maximum atomic E-state index is 12.5. The van der Waals surface area contributed by atoms with E-state index in [1.165, 1.54) is 109 Å². The fourth-order valence-electron chi connectivity index (χ4n) is 4.99. The summed E-state index contributed by atoms with van der Waals surface area (Å²) in [5.41, 5.74) is 0.